The Balaban J connectivity index is 2.20. The van der Waals surface area contributed by atoms with Gasteiger partial charge in [0.2, 0.25) is 0 Å². The van der Waals surface area contributed by atoms with Crippen molar-refractivity contribution in [3.05, 3.63) is 34.3 Å². The molecule has 1 saturated heterocycles. The predicted molar refractivity (Wildman–Crippen MR) is 85.2 cm³/mol. The molecule has 1 aliphatic heterocycles. The molecule has 1 fully saturated rings. The first-order valence-corrected chi connectivity index (χ1v) is 8.04. The van der Waals surface area contributed by atoms with Gasteiger partial charge in [0.05, 0.1) is 11.6 Å². The Bertz CT molecular complexity index is 565. The van der Waals surface area contributed by atoms with Crippen LogP contribution in [0.4, 0.5) is 0 Å². The molecule has 1 aromatic rings. The van der Waals surface area contributed by atoms with Crippen molar-refractivity contribution in [2.45, 2.75) is 13.0 Å². The van der Waals surface area contributed by atoms with Crippen molar-refractivity contribution in [1.82, 2.24) is 4.90 Å². The van der Waals surface area contributed by atoms with Gasteiger partial charge in [-0.05, 0) is 25.1 Å². The normalized spacial score (nSPS) is 18.4. The van der Waals surface area contributed by atoms with Crippen LogP contribution in [0, 0.1) is 11.8 Å². The minimum atomic E-state index is 0.0398. The standard InChI is InChI=1S/C15H17ClN2OS/c1-11-10-20-8-7-18(11)15(19)13-5-4-12(3-2-6-17)14(16)9-13/h4-5,9,11H,6-8,10,17H2,1H3. The number of halogens is 1. The van der Waals surface area contributed by atoms with E-state index >= 15 is 0 Å². The van der Waals surface area contributed by atoms with Crippen molar-refractivity contribution in [3.63, 3.8) is 0 Å². The summed E-state index contributed by atoms with van der Waals surface area (Å²) in [5, 5.41) is 0.496. The number of benzene rings is 1. The number of carbonyl (C=O) groups is 1. The quantitative estimate of drug-likeness (QED) is 0.809. The summed E-state index contributed by atoms with van der Waals surface area (Å²) in [5.74, 6) is 7.67. The van der Waals surface area contributed by atoms with Gasteiger partial charge < -0.3 is 10.6 Å². The lowest BCUT2D eigenvalue weighted by Gasteiger charge is -2.33. The van der Waals surface area contributed by atoms with Gasteiger partial charge in [-0.2, -0.15) is 11.8 Å². The Hall–Kier alpha value is -1.15. The number of hydrogen-bond donors (Lipinski definition) is 1. The molecule has 3 nitrogen and oxygen atoms in total. The summed E-state index contributed by atoms with van der Waals surface area (Å²) in [4.78, 5) is 14.4. The minimum absolute atomic E-state index is 0.0398. The summed E-state index contributed by atoms with van der Waals surface area (Å²) in [7, 11) is 0. The number of rotatable bonds is 1. The Morgan fingerprint density at radius 3 is 3.05 bits per heavy atom. The van der Waals surface area contributed by atoms with Gasteiger partial charge in [-0.15, -0.1) is 0 Å². The topological polar surface area (TPSA) is 46.3 Å². The van der Waals surface area contributed by atoms with E-state index < -0.39 is 0 Å². The van der Waals surface area contributed by atoms with Crippen molar-refractivity contribution >= 4 is 29.3 Å². The number of nitrogens with two attached hydrogens (primary N) is 1. The van der Waals surface area contributed by atoms with Gasteiger partial charge in [0.1, 0.15) is 0 Å². The average molecular weight is 309 g/mol. The Morgan fingerprint density at radius 2 is 2.40 bits per heavy atom. The third-order valence-electron chi connectivity index (χ3n) is 3.17. The van der Waals surface area contributed by atoms with Gasteiger partial charge in [-0.25, -0.2) is 0 Å². The smallest absolute Gasteiger partial charge is 0.254 e. The van der Waals surface area contributed by atoms with Crippen LogP contribution in [0.5, 0.6) is 0 Å². The molecule has 2 rings (SSSR count). The monoisotopic (exact) mass is 308 g/mol. The summed E-state index contributed by atoms with van der Waals surface area (Å²) >= 11 is 8.05. The van der Waals surface area contributed by atoms with E-state index in [0.29, 0.717) is 22.7 Å². The molecule has 1 aliphatic rings. The van der Waals surface area contributed by atoms with E-state index in [1.165, 1.54) is 0 Å². The summed E-state index contributed by atoms with van der Waals surface area (Å²) in [5.41, 5.74) is 6.66. The maximum atomic E-state index is 12.5. The molecule has 1 heterocycles. The summed E-state index contributed by atoms with van der Waals surface area (Å²) in [6.45, 7) is 3.16. The van der Waals surface area contributed by atoms with Crippen LogP contribution < -0.4 is 5.73 Å². The highest BCUT2D eigenvalue weighted by atomic mass is 35.5. The molecule has 0 aliphatic carbocycles. The minimum Gasteiger partial charge on any atom is -0.334 e. The lowest BCUT2D eigenvalue weighted by atomic mass is 10.1. The van der Waals surface area contributed by atoms with Gasteiger partial charge in [0, 0.05) is 35.2 Å². The lowest BCUT2D eigenvalue weighted by Crippen LogP contribution is -2.44. The van der Waals surface area contributed by atoms with Crippen LogP contribution in [0.3, 0.4) is 0 Å². The average Bonchev–Trinajstić information content (AvgIpc) is 2.46. The number of nitrogens with zero attached hydrogens (tertiary/aromatic N) is 1. The van der Waals surface area contributed by atoms with Crippen LogP contribution in [0.25, 0.3) is 0 Å². The van der Waals surface area contributed by atoms with E-state index in [-0.39, 0.29) is 11.9 Å². The maximum absolute atomic E-state index is 12.5. The van der Waals surface area contributed by atoms with Crippen molar-refractivity contribution < 1.29 is 4.79 Å². The number of amides is 1. The van der Waals surface area contributed by atoms with Crippen molar-refractivity contribution in [1.29, 1.82) is 0 Å². The van der Waals surface area contributed by atoms with Crippen LogP contribution in [0.1, 0.15) is 22.8 Å². The highest BCUT2D eigenvalue weighted by Crippen LogP contribution is 2.22. The zero-order chi connectivity index (χ0) is 14.5. The Labute approximate surface area is 128 Å². The van der Waals surface area contributed by atoms with E-state index in [4.69, 9.17) is 17.3 Å². The van der Waals surface area contributed by atoms with Crippen LogP contribution in [-0.2, 0) is 0 Å². The lowest BCUT2D eigenvalue weighted by molar-refractivity contribution is 0.0716. The summed E-state index contributed by atoms with van der Waals surface area (Å²) < 4.78 is 0. The molecule has 1 amide bonds. The molecule has 2 N–H and O–H groups in total. The number of thioether (sulfide) groups is 1. The molecular formula is C15H17ClN2OS. The van der Waals surface area contributed by atoms with Crippen molar-refractivity contribution in [3.8, 4) is 11.8 Å². The van der Waals surface area contributed by atoms with E-state index in [1.807, 2.05) is 16.7 Å². The van der Waals surface area contributed by atoms with E-state index in [9.17, 15) is 4.79 Å². The first-order valence-electron chi connectivity index (χ1n) is 6.50. The zero-order valence-corrected chi connectivity index (χ0v) is 12.9. The van der Waals surface area contributed by atoms with Crippen molar-refractivity contribution in [2.24, 2.45) is 5.73 Å². The molecule has 5 heteroatoms. The molecular weight excluding hydrogens is 292 g/mol. The van der Waals surface area contributed by atoms with Gasteiger partial charge in [-0.3, -0.25) is 4.79 Å². The molecule has 0 radical (unpaired) electrons. The molecule has 1 unspecified atom stereocenters. The fourth-order valence-corrected chi connectivity index (χ4v) is 3.33. The van der Waals surface area contributed by atoms with Crippen LogP contribution in [0.2, 0.25) is 5.02 Å². The highest BCUT2D eigenvalue weighted by molar-refractivity contribution is 7.99. The zero-order valence-electron chi connectivity index (χ0n) is 11.4. The molecule has 0 spiro atoms. The second kappa shape index (κ2) is 7.03. The third-order valence-corrected chi connectivity index (χ3v) is 4.67. The highest BCUT2D eigenvalue weighted by Gasteiger charge is 2.24. The number of hydrogen-bond acceptors (Lipinski definition) is 3. The van der Waals surface area contributed by atoms with Gasteiger partial charge in [0.25, 0.3) is 5.91 Å². The first kappa shape index (κ1) is 15.2. The molecule has 106 valence electrons. The Morgan fingerprint density at radius 1 is 1.60 bits per heavy atom. The fraction of sp³-hybridized carbons (Fsp3) is 0.400. The SMILES string of the molecule is CC1CSCCN1C(=O)c1ccc(C#CCN)c(Cl)c1. The molecule has 0 aromatic heterocycles. The predicted octanol–water partition coefficient (Wildman–Crippen LogP) is 2.23. The summed E-state index contributed by atoms with van der Waals surface area (Å²) in [6, 6.07) is 5.51. The van der Waals surface area contributed by atoms with E-state index in [2.05, 4.69) is 18.8 Å². The molecule has 1 atom stereocenters. The van der Waals surface area contributed by atoms with E-state index in [1.54, 1.807) is 18.2 Å². The molecule has 1 aromatic carbocycles. The second-order valence-electron chi connectivity index (χ2n) is 4.62. The largest absolute Gasteiger partial charge is 0.334 e. The maximum Gasteiger partial charge on any atom is 0.254 e. The summed E-state index contributed by atoms with van der Waals surface area (Å²) in [6.07, 6.45) is 0. The Kier molecular flexibility index (Phi) is 5.36. The van der Waals surface area contributed by atoms with Gasteiger partial charge in [-0.1, -0.05) is 23.4 Å². The second-order valence-corrected chi connectivity index (χ2v) is 6.18. The van der Waals surface area contributed by atoms with Crippen molar-refractivity contribution in [2.75, 3.05) is 24.6 Å². The number of carbonyl (C=O) groups excluding carboxylic acids is 1. The molecule has 20 heavy (non-hydrogen) atoms. The molecule has 0 saturated carbocycles. The van der Waals surface area contributed by atoms with Crippen LogP contribution >= 0.6 is 23.4 Å². The molecule has 0 bridgehead atoms. The van der Waals surface area contributed by atoms with Gasteiger partial charge in [0.15, 0.2) is 0 Å². The fourth-order valence-electron chi connectivity index (χ4n) is 2.09. The first-order chi connectivity index (χ1) is 9.63. The van der Waals surface area contributed by atoms with Crippen LogP contribution in [-0.4, -0.2) is 41.4 Å². The van der Waals surface area contributed by atoms with E-state index in [0.717, 1.165) is 18.1 Å². The van der Waals surface area contributed by atoms with Gasteiger partial charge >= 0.3 is 0 Å². The van der Waals surface area contributed by atoms with Crippen LogP contribution in [0.15, 0.2) is 18.2 Å². The third kappa shape index (κ3) is 3.49.